The predicted molar refractivity (Wildman–Crippen MR) is 76.6 cm³/mol. The van der Waals surface area contributed by atoms with Crippen molar-refractivity contribution in [2.45, 2.75) is 26.7 Å². The Morgan fingerprint density at radius 3 is 2.85 bits per heavy atom. The summed E-state index contributed by atoms with van der Waals surface area (Å²) in [7, 11) is 1.83. The minimum atomic E-state index is -0.488. The summed E-state index contributed by atoms with van der Waals surface area (Å²) in [6, 6.07) is 0. The molecule has 0 bridgehead atoms. The molecule has 0 aliphatic carbocycles. The first-order chi connectivity index (χ1) is 9.63. The number of halogens is 1. The Kier molecular flexibility index (Phi) is 4.49. The average Bonchev–Trinajstić information content (AvgIpc) is 2.79. The molecule has 0 aliphatic rings. The highest BCUT2D eigenvalue weighted by atomic mass is 19.1. The lowest BCUT2D eigenvalue weighted by Gasteiger charge is -2.08. The molecule has 2 rings (SSSR count). The van der Waals surface area contributed by atoms with Gasteiger partial charge in [-0.05, 0) is 12.8 Å². The average molecular weight is 278 g/mol. The van der Waals surface area contributed by atoms with Gasteiger partial charge in [-0.2, -0.15) is 10.1 Å². The van der Waals surface area contributed by atoms with Gasteiger partial charge in [0.2, 0.25) is 5.95 Å². The minimum absolute atomic E-state index is 0.154. The zero-order valence-electron chi connectivity index (χ0n) is 11.9. The summed E-state index contributed by atoms with van der Waals surface area (Å²) in [5.74, 6) is 0.0805. The lowest BCUT2D eigenvalue weighted by atomic mass is 10.3. The van der Waals surface area contributed by atoms with Gasteiger partial charge >= 0.3 is 0 Å². The Bertz CT molecular complexity index is 580. The Morgan fingerprint density at radius 2 is 2.15 bits per heavy atom. The molecule has 2 aromatic rings. The summed E-state index contributed by atoms with van der Waals surface area (Å²) in [6.07, 6.45) is 4.68. The van der Waals surface area contributed by atoms with Crippen LogP contribution in [0.25, 0.3) is 0 Å². The maximum absolute atomic E-state index is 13.8. The van der Waals surface area contributed by atoms with E-state index in [2.05, 4.69) is 25.7 Å². The number of aryl methyl sites for hydroxylation is 2. The Labute approximate surface area is 117 Å². The third-order valence-electron chi connectivity index (χ3n) is 2.77. The zero-order valence-corrected chi connectivity index (χ0v) is 11.9. The molecule has 0 atom stereocenters. The molecule has 0 amide bonds. The second-order valence-corrected chi connectivity index (χ2v) is 4.46. The summed E-state index contributed by atoms with van der Waals surface area (Å²) in [6.45, 7) is 4.79. The van der Waals surface area contributed by atoms with Crippen molar-refractivity contribution in [1.29, 1.82) is 0 Å². The van der Waals surface area contributed by atoms with E-state index in [-0.39, 0.29) is 5.82 Å². The summed E-state index contributed by atoms with van der Waals surface area (Å²) < 4.78 is 15.5. The zero-order chi connectivity index (χ0) is 14.5. The van der Waals surface area contributed by atoms with Gasteiger partial charge in [-0.25, -0.2) is 9.37 Å². The summed E-state index contributed by atoms with van der Waals surface area (Å²) in [5, 5.41) is 10.3. The smallest absolute Gasteiger partial charge is 0.224 e. The molecule has 0 saturated carbocycles. The van der Waals surface area contributed by atoms with Crippen LogP contribution in [0.1, 0.15) is 26.0 Å². The normalized spacial score (nSPS) is 10.6. The van der Waals surface area contributed by atoms with E-state index in [1.807, 2.05) is 20.9 Å². The lowest BCUT2D eigenvalue weighted by Crippen LogP contribution is -2.07. The van der Waals surface area contributed by atoms with Crippen molar-refractivity contribution in [3.05, 3.63) is 23.9 Å². The molecule has 7 heteroatoms. The topological polar surface area (TPSA) is 67.7 Å². The molecule has 0 aromatic carbocycles. The molecule has 20 heavy (non-hydrogen) atoms. The van der Waals surface area contributed by atoms with Crippen molar-refractivity contribution in [2.75, 3.05) is 17.2 Å². The van der Waals surface area contributed by atoms with Crippen LogP contribution in [0.3, 0.4) is 0 Å². The minimum Gasteiger partial charge on any atom is -0.354 e. The van der Waals surface area contributed by atoms with E-state index in [0.29, 0.717) is 5.95 Å². The van der Waals surface area contributed by atoms with Gasteiger partial charge in [0.15, 0.2) is 11.6 Å². The van der Waals surface area contributed by atoms with Crippen LogP contribution in [-0.2, 0) is 13.5 Å². The van der Waals surface area contributed by atoms with Crippen molar-refractivity contribution in [3.8, 4) is 0 Å². The van der Waals surface area contributed by atoms with Crippen LogP contribution < -0.4 is 10.6 Å². The van der Waals surface area contributed by atoms with Gasteiger partial charge in [0.1, 0.15) is 0 Å². The van der Waals surface area contributed by atoms with Crippen LogP contribution in [-0.4, -0.2) is 26.3 Å². The number of nitrogens with one attached hydrogen (secondary N) is 2. The maximum atomic E-state index is 13.8. The van der Waals surface area contributed by atoms with E-state index < -0.39 is 5.82 Å². The lowest BCUT2D eigenvalue weighted by molar-refractivity contribution is 0.619. The van der Waals surface area contributed by atoms with Crippen molar-refractivity contribution < 1.29 is 4.39 Å². The molecule has 0 saturated heterocycles. The molecule has 108 valence electrons. The predicted octanol–water partition coefficient (Wildman–Crippen LogP) is 2.48. The van der Waals surface area contributed by atoms with Gasteiger partial charge in [-0.3, -0.25) is 4.68 Å². The molecule has 0 aliphatic heterocycles. The third-order valence-corrected chi connectivity index (χ3v) is 2.77. The van der Waals surface area contributed by atoms with Gasteiger partial charge in [0.05, 0.1) is 17.6 Å². The highest BCUT2D eigenvalue weighted by Crippen LogP contribution is 2.21. The highest BCUT2D eigenvalue weighted by Gasteiger charge is 2.11. The second kappa shape index (κ2) is 6.31. The SMILES string of the molecule is CCCNc1ncc(F)c(Nc2cn(C)nc2CC)n1. The highest BCUT2D eigenvalue weighted by molar-refractivity contribution is 5.59. The fourth-order valence-electron chi connectivity index (χ4n) is 1.80. The Morgan fingerprint density at radius 1 is 1.35 bits per heavy atom. The van der Waals surface area contributed by atoms with Crippen molar-refractivity contribution in [3.63, 3.8) is 0 Å². The summed E-state index contributed by atoms with van der Waals surface area (Å²) >= 11 is 0. The molecule has 2 aromatic heterocycles. The number of anilines is 3. The van der Waals surface area contributed by atoms with Gasteiger partial charge in [0.25, 0.3) is 0 Å². The maximum Gasteiger partial charge on any atom is 0.224 e. The van der Waals surface area contributed by atoms with Crippen LogP contribution in [0, 0.1) is 5.82 Å². The molecule has 0 unspecified atom stereocenters. The number of aromatic nitrogens is 4. The standard InChI is InChI=1S/C13H19FN6/c1-4-6-15-13-16-7-9(14)12(18-13)17-11-8-20(3)19-10(11)5-2/h7-8H,4-6H2,1-3H3,(H2,15,16,17,18). The Balaban J connectivity index is 2.23. The molecule has 0 radical (unpaired) electrons. The number of hydrogen-bond acceptors (Lipinski definition) is 5. The molecule has 0 spiro atoms. The number of nitrogens with zero attached hydrogens (tertiary/aromatic N) is 4. The molecule has 2 N–H and O–H groups in total. The van der Waals surface area contributed by atoms with E-state index >= 15 is 0 Å². The summed E-state index contributed by atoms with van der Waals surface area (Å²) in [5.41, 5.74) is 1.63. The van der Waals surface area contributed by atoms with E-state index in [0.717, 1.165) is 37.0 Å². The molecular weight excluding hydrogens is 259 g/mol. The fraction of sp³-hybridized carbons (Fsp3) is 0.462. The van der Waals surface area contributed by atoms with Crippen LogP contribution >= 0.6 is 0 Å². The fourth-order valence-corrected chi connectivity index (χ4v) is 1.80. The van der Waals surface area contributed by atoms with Crippen molar-refractivity contribution in [2.24, 2.45) is 7.05 Å². The monoisotopic (exact) mass is 278 g/mol. The van der Waals surface area contributed by atoms with E-state index in [9.17, 15) is 4.39 Å². The van der Waals surface area contributed by atoms with Gasteiger partial charge < -0.3 is 10.6 Å². The van der Waals surface area contributed by atoms with E-state index in [4.69, 9.17) is 0 Å². The Hall–Kier alpha value is -2.18. The van der Waals surface area contributed by atoms with Crippen molar-refractivity contribution in [1.82, 2.24) is 19.7 Å². The largest absolute Gasteiger partial charge is 0.354 e. The first-order valence-corrected chi connectivity index (χ1v) is 6.70. The van der Waals surface area contributed by atoms with Crippen molar-refractivity contribution >= 4 is 17.5 Å². The second-order valence-electron chi connectivity index (χ2n) is 4.46. The van der Waals surface area contributed by atoms with E-state index in [1.165, 1.54) is 0 Å². The van der Waals surface area contributed by atoms with Crippen LogP contribution in [0.4, 0.5) is 21.8 Å². The first-order valence-electron chi connectivity index (χ1n) is 6.70. The van der Waals surface area contributed by atoms with E-state index in [1.54, 1.807) is 10.9 Å². The first kappa shape index (κ1) is 14.2. The summed E-state index contributed by atoms with van der Waals surface area (Å²) in [4.78, 5) is 8.05. The van der Waals surface area contributed by atoms with Gasteiger partial charge in [-0.15, -0.1) is 0 Å². The molecule has 6 nitrogen and oxygen atoms in total. The molecule has 0 fully saturated rings. The van der Waals surface area contributed by atoms with Crippen LogP contribution in [0.15, 0.2) is 12.4 Å². The molecular formula is C13H19FN6. The van der Waals surface area contributed by atoms with Gasteiger partial charge in [-0.1, -0.05) is 13.8 Å². The quantitative estimate of drug-likeness (QED) is 0.849. The van der Waals surface area contributed by atoms with Crippen LogP contribution in [0.5, 0.6) is 0 Å². The number of rotatable bonds is 6. The van der Waals surface area contributed by atoms with Gasteiger partial charge in [0, 0.05) is 19.8 Å². The third kappa shape index (κ3) is 3.23. The van der Waals surface area contributed by atoms with Crippen LogP contribution in [0.2, 0.25) is 0 Å². The number of hydrogen-bond donors (Lipinski definition) is 2. The molecule has 2 heterocycles.